The predicted octanol–water partition coefficient (Wildman–Crippen LogP) is 3.99. The Bertz CT molecular complexity index is 542. The van der Waals surface area contributed by atoms with Crippen LogP contribution in [0.5, 0.6) is 0 Å². The zero-order chi connectivity index (χ0) is 12.4. The summed E-state index contributed by atoms with van der Waals surface area (Å²) in [7, 11) is 0. The van der Waals surface area contributed by atoms with Gasteiger partial charge in [-0.2, -0.15) is 15.0 Å². The largest absolute Gasteiger partial charge is 0.323 e. The van der Waals surface area contributed by atoms with E-state index in [4.69, 9.17) is 23.2 Å². The fraction of sp³-hybridized carbons (Fsp3) is 0.100. The van der Waals surface area contributed by atoms with E-state index in [1.54, 1.807) is 0 Å². The summed E-state index contributed by atoms with van der Waals surface area (Å²) in [5.74, 6) is 0.307. The van der Waals surface area contributed by atoms with Gasteiger partial charge in [0.15, 0.2) is 0 Å². The molecule has 0 saturated heterocycles. The van der Waals surface area contributed by atoms with E-state index in [2.05, 4.69) is 36.2 Å². The van der Waals surface area contributed by atoms with Crippen molar-refractivity contribution in [3.05, 3.63) is 38.8 Å². The molecule has 1 aromatic carbocycles. The standard InChI is InChI=1S/C10H7BrCl2N4/c1-5-2-3-6(11)7(4-5)14-10-16-8(12)15-9(13)17-10/h2-4H,1H3,(H,14,15,16,17). The van der Waals surface area contributed by atoms with Gasteiger partial charge in [0.1, 0.15) is 0 Å². The number of halogens is 3. The van der Waals surface area contributed by atoms with Crippen molar-refractivity contribution in [1.29, 1.82) is 0 Å². The lowest BCUT2D eigenvalue weighted by molar-refractivity contribution is 1.05. The highest BCUT2D eigenvalue weighted by atomic mass is 79.9. The van der Waals surface area contributed by atoms with E-state index in [0.717, 1.165) is 15.7 Å². The number of rotatable bonds is 2. The fourth-order valence-corrected chi connectivity index (χ4v) is 1.95. The second-order valence-corrected chi connectivity index (χ2v) is 4.84. The molecule has 0 aliphatic rings. The molecule has 4 nitrogen and oxygen atoms in total. The second-order valence-electron chi connectivity index (χ2n) is 3.31. The van der Waals surface area contributed by atoms with Crippen molar-refractivity contribution in [2.75, 3.05) is 5.32 Å². The van der Waals surface area contributed by atoms with Crippen molar-refractivity contribution >= 4 is 50.8 Å². The van der Waals surface area contributed by atoms with Crippen LogP contribution in [0.4, 0.5) is 11.6 Å². The van der Waals surface area contributed by atoms with Gasteiger partial charge in [-0.25, -0.2) is 0 Å². The summed E-state index contributed by atoms with van der Waals surface area (Å²) in [6, 6.07) is 5.88. The third kappa shape index (κ3) is 3.28. The number of hydrogen-bond donors (Lipinski definition) is 1. The highest BCUT2D eigenvalue weighted by molar-refractivity contribution is 9.10. The molecule has 0 amide bonds. The molecule has 0 atom stereocenters. The zero-order valence-electron chi connectivity index (χ0n) is 8.71. The lowest BCUT2D eigenvalue weighted by Crippen LogP contribution is -2.00. The van der Waals surface area contributed by atoms with Gasteiger partial charge in [0.05, 0.1) is 5.69 Å². The summed E-state index contributed by atoms with van der Waals surface area (Å²) in [6.45, 7) is 1.99. The van der Waals surface area contributed by atoms with Crippen molar-refractivity contribution < 1.29 is 0 Å². The van der Waals surface area contributed by atoms with Crippen LogP contribution < -0.4 is 5.32 Å². The molecule has 0 unspecified atom stereocenters. The molecule has 88 valence electrons. The van der Waals surface area contributed by atoms with E-state index in [9.17, 15) is 0 Å². The number of benzene rings is 1. The normalized spacial score (nSPS) is 10.4. The molecular formula is C10H7BrCl2N4. The quantitative estimate of drug-likeness (QED) is 0.902. The van der Waals surface area contributed by atoms with Gasteiger partial charge in [-0.05, 0) is 63.8 Å². The smallest absolute Gasteiger partial charge is 0.232 e. The Morgan fingerprint density at radius 2 is 1.76 bits per heavy atom. The van der Waals surface area contributed by atoms with Gasteiger partial charge in [0.25, 0.3) is 0 Å². The lowest BCUT2D eigenvalue weighted by Gasteiger charge is -2.07. The number of anilines is 2. The van der Waals surface area contributed by atoms with Crippen LogP contribution in [0.3, 0.4) is 0 Å². The first kappa shape index (κ1) is 12.5. The average molecular weight is 334 g/mol. The predicted molar refractivity (Wildman–Crippen MR) is 72.0 cm³/mol. The molecule has 2 rings (SSSR count). The van der Waals surface area contributed by atoms with E-state index >= 15 is 0 Å². The third-order valence-corrected chi connectivity index (χ3v) is 2.98. The van der Waals surface area contributed by atoms with Gasteiger partial charge in [-0.3, -0.25) is 0 Å². The van der Waals surface area contributed by atoms with Gasteiger partial charge in [-0.1, -0.05) is 6.07 Å². The van der Waals surface area contributed by atoms with Gasteiger partial charge in [-0.15, -0.1) is 0 Å². The molecule has 0 aliphatic heterocycles. The molecule has 17 heavy (non-hydrogen) atoms. The second kappa shape index (κ2) is 5.16. The minimum Gasteiger partial charge on any atom is -0.323 e. The Hall–Kier alpha value is -0.910. The maximum absolute atomic E-state index is 5.69. The van der Waals surface area contributed by atoms with Crippen LogP contribution in [-0.4, -0.2) is 15.0 Å². The van der Waals surface area contributed by atoms with Gasteiger partial charge in [0.2, 0.25) is 16.5 Å². The molecule has 0 bridgehead atoms. The summed E-state index contributed by atoms with van der Waals surface area (Å²) >= 11 is 14.8. The molecule has 1 aromatic heterocycles. The number of aryl methyl sites for hydroxylation is 1. The molecule has 1 N–H and O–H groups in total. The van der Waals surface area contributed by atoms with Crippen LogP contribution in [0.2, 0.25) is 10.6 Å². The average Bonchev–Trinajstić information content (AvgIpc) is 2.22. The number of nitrogens with one attached hydrogen (secondary N) is 1. The zero-order valence-corrected chi connectivity index (χ0v) is 11.8. The first-order valence-corrected chi connectivity index (χ1v) is 6.20. The monoisotopic (exact) mass is 332 g/mol. The van der Waals surface area contributed by atoms with E-state index in [1.807, 2.05) is 25.1 Å². The fourth-order valence-electron chi connectivity index (χ4n) is 1.24. The maximum Gasteiger partial charge on any atom is 0.232 e. The highest BCUT2D eigenvalue weighted by Crippen LogP contribution is 2.26. The molecule has 0 spiro atoms. The number of nitrogens with zero attached hydrogens (tertiary/aromatic N) is 3. The Kier molecular flexibility index (Phi) is 3.81. The van der Waals surface area contributed by atoms with Crippen LogP contribution in [-0.2, 0) is 0 Å². The first-order chi connectivity index (χ1) is 8.04. The van der Waals surface area contributed by atoms with E-state index in [0.29, 0.717) is 5.95 Å². The third-order valence-electron chi connectivity index (χ3n) is 1.95. The van der Waals surface area contributed by atoms with Crippen molar-refractivity contribution in [1.82, 2.24) is 15.0 Å². The van der Waals surface area contributed by atoms with Crippen LogP contribution in [0.25, 0.3) is 0 Å². The SMILES string of the molecule is Cc1ccc(Br)c(Nc2nc(Cl)nc(Cl)n2)c1. The van der Waals surface area contributed by atoms with E-state index < -0.39 is 0 Å². The van der Waals surface area contributed by atoms with E-state index in [1.165, 1.54) is 0 Å². The molecule has 7 heteroatoms. The van der Waals surface area contributed by atoms with Crippen molar-refractivity contribution in [2.45, 2.75) is 6.92 Å². The van der Waals surface area contributed by atoms with E-state index in [-0.39, 0.29) is 10.6 Å². The molecular weight excluding hydrogens is 327 g/mol. The number of hydrogen-bond acceptors (Lipinski definition) is 4. The molecule has 0 saturated carbocycles. The summed E-state index contributed by atoms with van der Waals surface area (Å²) in [5, 5.41) is 3.12. The molecule has 2 aromatic rings. The Morgan fingerprint density at radius 1 is 1.12 bits per heavy atom. The topological polar surface area (TPSA) is 50.7 Å². The van der Waals surface area contributed by atoms with Crippen molar-refractivity contribution in [3.63, 3.8) is 0 Å². The van der Waals surface area contributed by atoms with Gasteiger partial charge >= 0.3 is 0 Å². The van der Waals surface area contributed by atoms with Crippen molar-refractivity contribution in [2.24, 2.45) is 0 Å². The summed E-state index contributed by atoms with van der Waals surface area (Å²) < 4.78 is 0.899. The highest BCUT2D eigenvalue weighted by Gasteiger charge is 2.06. The molecule has 0 radical (unpaired) electrons. The molecule has 0 fully saturated rings. The van der Waals surface area contributed by atoms with Crippen LogP contribution >= 0.6 is 39.1 Å². The van der Waals surface area contributed by atoms with Crippen molar-refractivity contribution in [3.8, 4) is 0 Å². The van der Waals surface area contributed by atoms with Gasteiger partial charge in [0, 0.05) is 4.47 Å². The Labute approximate surface area is 117 Å². The Balaban J connectivity index is 2.34. The minimum atomic E-state index is 0.0521. The van der Waals surface area contributed by atoms with Gasteiger partial charge < -0.3 is 5.32 Å². The minimum absolute atomic E-state index is 0.0521. The summed E-state index contributed by atoms with van der Waals surface area (Å²) in [5.41, 5.74) is 1.95. The van der Waals surface area contributed by atoms with Crippen LogP contribution in [0.1, 0.15) is 5.56 Å². The maximum atomic E-state index is 5.69. The molecule has 1 heterocycles. The first-order valence-electron chi connectivity index (χ1n) is 4.65. The summed E-state index contributed by atoms with van der Waals surface area (Å²) in [4.78, 5) is 11.5. The Morgan fingerprint density at radius 3 is 2.41 bits per heavy atom. The summed E-state index contributed by atoms with van der Waals surface area (Å²) in [6.07, 6.45) is 0. The van der Waals surface area contributed by atoms with Crippen LogP contribution in [0, 0.1) is 6.92 Å². The lowest BCUT2D eigenvalue weighted by atomic mass is 10.2. The van der Waals surface area contributed by atoms with Crippen LogP contribution in [0.15, 0.2) is 22.7 Å². The number of aromatic nitrogens is 3. The molecule has 0 aliphatic carbocycles.